The molecule has 0 aliphatic rings. The van der Waals surface area contributed by atoms with Gasteiger partial charge in [-0.1, -0.05) is 28.1 Å². The van der Waals surface area contributed by atoms with Gasteiger partial charge in [-0.15, -0.1) is 23.5 Å². The zero-order chi connectivity index (χ0) is 20.5. The quantitative estimate of drug-likeness (QED) is 0.426. The molecule has 0 atom stereocenters. The van der Waals surface area contributed by atoms with Gasteiger partial charge in [-0.3, -0.25) is 9.59 Å². The number of ether oxygens (including phenoxy) is 1. The Kier molecular flexibility index (Phi) is 8.90. The molecular weight excluding hydrogens is 460 g/mol. The van der Waals surface area contributed by atoms with Crippen molar-refractivity contribution in [2.75, 3.05) is 23.4 Å². The first-order chi connectivity index (χ1) is 13.4. The molecule has 1 N–H and O–H groups in total. The lowest BCUT2D eigenvalue weighted by Gasteiger charge is -2.11. The number of halogens is 1. The van der Waals surface area contributed by atoms with Gasteiger partial charge in [-0.25, -0.2) is 0 Å². The van der Waals surface area contributed by atoms with Crippen molar-refractivity contribution >= 4 is 57.0 Å². The van der Waals surface area contributed by atoms with Crippen LogP contribution < -0.4 is 5.32 Å². The number of nitrogens with zero attached hydrogens (tertiary/aromatic N) is 1. The van der Waals surface area contributed by atoms with Crippen molar-refractivity contribution in [3.8, 4) is 6.07 Å². The molecule has 0 unspecified atom stereocenters. The number of nitriles is 1. The summed E-state index contributed by atoms with van der Waals surface area (Å²) >= 11 is 6.20. The number of amides is 1. The largest absolute Gasteiger partial charge is 0.455 e. The van der Waals surface area contributed by atoms with E-state index in [2.05, 4.69) is 27.3 Å². The first-order valence-electron chi connectivity index (χ1n) is 8.34. The summed E-state index contributed by atoms with van der Waals surface area (Å²) in [6.45, 7) is 3.62. The molecule has 0 saturated carbocycles. The van der Waals surface area contributed by atoms with Gasteiger partial charge < -0.3 is 10.1 Å². The highest BCUT2D eigenvalue weighted by atomic mass is 79.9. The monoisotopic (exact) mass is 478 g/mol. The highest BCUT2D eigenvalue weighted by molar-refractivity contribution is 9.10. The zero-order valence-electron chi connectivity index (χ0n) is 15.5. The SMILES string of the molecule is Cc1cc(SCC(=O)OCC(=O)Nc2ccccc2SCC#N)c(C)cc1Br. The van der Waals surface area contributed by atoms with Gasteiger partial charge in [0.25, 0.3) is 5.91 Å². The van der Waals surface area contributed by atoms with Crippen LogP contribution in [0.3, 0.4) is 0 Å². The van der Waals surface area contributed by atoms with Crippen molar-refractivity contribution in [3.05, 3.63) is 52.0 Å². The van der Waals surface area contributed by atoms with Crippen LogP contribution in [0.1, 0.15) is 11.1 Å². The lowest BCUT2D eigenvalue weighted by molar-refractivity contribution is -0.144. The molecule has 146 valence electrons. The minimum Gasteiger partial charge on any atom is -0.455 e. The molecule has 2 rings (SSSR count). The summed E-state index contributed by atoms with van der Waals surface area (Å²) in [6, 6.07) is 13.3. The molecule has 8 heteroatoms. The molecule has 1 amide bonds. The van der Waals surface area contributed by atoms with E-state index in [1.807, 2.05) is 38.1 Å². The van der Waals surface area contributed by atoms with E-state index in [1.165, 1.54) is 23.5 Å². The number of benzene rings is 2. The zero-order valence-corrected chi connectivity index (χ0v) is 18.7. The minimum atomic E-state index is -0.452. The second kappa shape index (κ2) is 11.1. The second-order valence-corrected chi connectivity index (χ2v) is 8.70. The Labute approximate surface area is 181 Å². The van der Waals surface area contributed by atoms with Crippen LogP contribution in [0.15, 0.2) is 50.7 Å². The van der Waals surface area contributed by atoms with Crippen LogP contribution in [0.4, 0.5) is 5.69 Å². The number of carbonyl (C=O) groups is 2. The van der Waals surface area contributed by atoms with Crippen molar-refractivity contribution < 1.29 is 14.3 Å². The van der Waals surface area contributed by atoms with Crippen LogP contribution in [0.25, 0.3) is 0 Å². The number of carbonyl (C=O) groups excluding carboxylic acids is 2. The van der Waals surface area contributed by atoms with Crippen LogP contribution in [0.5, 0.6) is 0 Å². The first kappa shape index (κ1) is 22.3. The third kappa shape index (κ3) is 6.89. The fourth-order valence-electron chi connectivity index (χ4n) is 2.23. The summed E-state index contributed by atoms with van der Waals surface area (Å²) in [5.74, 6) is -0.455. The van der Waals surface area contributed by atoms with E-state index in [0.29, 0.717) is 5.69 Å². The van der Waals surface area contributed by atoms with Crippen molar-refractivity contribution in [2.24, 2.45) is 0 Å². The number of aryl methyl sites for hydroxylation is 2. The summed E-state index contributed by atoms with van der Waals surface area (Å²) in [6.07, 6.45) is 0. The van der Waals surface area contributed by atoms with Crippen LogP contribution in [-0.2, 0) is 14.3 Å². The molecule has 0 bridgehead atoms. The van der Waals surface area contributed by atoms with Crippen LogP contribution in [-0.4, -0.2) is 30.0 Å². The predicted octanol–water partition coefficient (Wildman–Crippen LogP) is 4.96. The van der Waals surface area contributed by atoms with Gasteiger partial charge in [0.15, 0.2) is 6.61 Å². The minimum absolute atomic E-state index is 0.129. The second-order valence-electron chi connectivity index (χ2n) is 5.81. The van der Waals surface area contributed by atoms with E-state index >= 15 is 0 Å². The fraction of sp³-hybridized carbons (Fsp3) is 0.250. The number of nitrogens with one attached hydrogen (secondary N) is 1. The average molecular weight is 479 g/mol. The highest BCUT2D eigenvalue weighted by Crippen LogP contribution is 2.28. The molecule has 0 spiro atoms. The Bertz CT molecular complexity index is 913. The third-order valence-electron chi connectivity index (χ3n) is 3.62. The maximum absolute atomic E-state index is 12.1. The van der Waals surface area contributed by atoms with Gasteiger partial charge in [0, 0.05) is 14.3 Å². The Balaban J connectivity index is 1.82. The van der Waals surface area contributed by atoms with Gasteiger partial charge in [0.2, 0.25) is 0 Å². The molecule has 0 radical (unpaired) electrons. The molecule has 0 heterocycles. The summed E-state index contributed by atoms with van der Waals surface area (Å²) in [5, 5.41) is 11.4. The van der Waals surface area contributed by atoms with Crippen molar-refractivity contribution in [3.63, 3.8) is 0 Å². The van der Waals surface area contributed by atoms with Crippen LogP contribution in [0, 0.1) is 25.2 Å². The number of rotatable bonds is 8. The van der Waals surface area contributed by atoms with Crippen molar-refractivity contribution in [2.45, 2.75) is 23.6 Å². The number of hydrogen-bond donors (Lipinski definition) is 1. The predicted molar refractivity (Wildman–Crippen MR) is 117 cm³/mol. The van der Waals surface area contributed by atoms with Crippen molar-refractivity contribution in [1.29, 1.82) is 5.26 Å². The molecule has 0 aliphatic carbocycles. The molecule has 2 aromatic rings. The van der Waals surface area contributed by atoms with Gasteiger partial charge in [-0.2, -0.15) is 5.26 Å². The Morgan fingerprint density at radius 3 is 2.64 bits per heavy atom. The Morgan fingerprint density at radius 2 is 1.89 bits per heavy atom. The maximum atomic E-state index is 12.1. The Hall–Kier alpha value is -1.95. The van der Waals surface area contributed by atoms with Gasteiger partial charge in [0.1, 0.15) is 0 Å². The van der Waals surface area contributed by atoms with E-state index in [4.69, 9.17) is 10.00 Å². The molecule has 2 aromatic carbocycles. The number of esters is 1. The van der Waals surface area contributed by atoms with E-state index in [-0.39, 0.29) is 18.1 Å². The molecule has 0 fully saturated rings. The van der Waals surface area contributed by atoms with Gasteiger partial charge in [-0.05, 0) is 49.2 Å². The van der Waals surface area contributed by atoms with Crippen LogP contribution >= 0.6 is 39.5 Å². The summed E-state index contributed by atoms with van der Waals surface area (Å²) < 4.78 is 6.10. The van der Waals surface area contributed by atoms with Crippen LogP contribution in [0.2, 0.25) is 0 Å². The lowest BCUT2D eigenvalue weighted by Crippen LogP contribution is -2.22. The Morgan fingerprint density at radius 1 is 1.14 bits per heavy atom. The summed E-state index contributed by atoms with van der Waals surface area (Å²) in [5.41, 5.74) is 2.76. The number of thioether (sulfide) groups is 2. The molecule has 0 aliphatic heterocycles. The van der Waals surface area contributed by atoms with Gasteiger partial charge >= 0.3 is 5.97 Å². The first-order valence-corrected chi connectivity index (χ1v) is 11.1. The van der Waals surface area contributed by atoms with E-state index < -0.39 is 11.9 Å². The number of hydrogen-bond acceptors (Lipinski definition) is 6. The molecule has 28 heavy (non-hydrogen) atoms. The molecular formula is C20H19BrN2O3S2. The number of para-hydroxylation sites is 1. The third-order valence-corrected chi connectivity index (χ3v) is 6.54. The molecule has 0 saturated heterocycles. The summed E-state index contributed by atoms with van der Waals surface area (Å²) in [7, 11) is 0. The number of anilines is 1. The van der Waals surface area contributed by atoms with Crippen molar-refractivity contribution in [1.82, 2.24) is 0 Å². The lowest BCUT2D eigenvalue weighted by atomic mass is 10.2. The smallest absolute Gasteiger partial charge is 0.316 e. The van der Waals surface area contributed by atoms with Gasteiger partial charge in [0.05, 0.1) is 23.3 Å². The van der Waals surface area contributed by atoms with E-state index in [1.54, 1.807) is 12.1 Å². The standard InChI is InChI=1S/C20H19BrN2O3S2/c1-13-10-18(14(2)9-15(13)21)28-12-20(25)26-11-19(24)23-16-5-3-4-6-17(16)27-8-7-22/h3-6,9-10H,8,11-12H2,1-2H3,(H,23,24). The highest BCUT2D eigenvalue weighted by Gasteiger charge is 2.12. The fourth-order valence-corrected chi connectivity index (χ4v) is 4.26. The maximum Gasteiger partial charge on any atom is 0.316 e. The average Bonchev–Trinajstić information content (AvgIpc) is 2.67. The van der Waals surface area contributed by atoms with E-state index in [9.17, 15) is 9.59 Å². The molecule has 0 aromatic heterocycles. The normalized spacial score (nSPS) is 10.2. The summed E-state index contributed by atoms with van der Waals surface area (Å²) in [4.78, 5) is 25.8. The topological polar surface area (TPSA) is 79.2 Å². The van der Waals surface area contributed by atoms with E-state index in [0.717, 1.165) is 25.4 Å². The molecule has 5 nitrogen and oxygen atoms in total.